The van der Waals surface area contributed by atoms with E-state index in [-0.39, 0.29) is 11.0 Å². The summed E-state index contributed by atoms with van der Waals surface area (Å²) in [5, 5.41) is 5.19. The quantitative estimate of drug-likeness (QED) is 0.369. The number of carbonyl (C=O) groups excluding carboxylic acids is 3. The molecule has 8 nitrogen and oxygen atoms in total. The van der Waals surface area contributed by atoms with Crippen LogP contribution in [0.15, 0.2) is 48.5 Å². The van der Waals surface area contributed by atoms with Gasteiger partial charge in [0.15, 0.2) is 5.11 Å². The molecular weight excluding hydrogens is 416 g/mol. The number of hydrogen-bond donors (Lipinski definition) is 4. The number of nitrogens with one attached hydrogen (secondary N) is 4. The molecule has 2 aromatic carbocycles. The van der Waals surface area contributed by atoms with Crippen LogP contribution in [0, 0.1) is 0 Å². The van der Waals surface area contributed by atoms with Gasteiger partial charge in [0, 0.05) is 17.7 Å². The lowest BCUT2D eigenvalue weighted by Gasteiger charge is -2.13. The standard InChI is InChI=1S/C22H26N4O4S/c1-3-7-19(27)23-16-12-10-15(11-13-16)20(28)25-26-22(31)24-21(29)17-8-5-6-9-18(17)30-14-4-2/h5-6,8-13H,3-4,7,14H2,1-2H3,(H,23,27)(H,25,28)(H2,24,26,29,31). The fourth-order valence-corrected chi connectivity index (χ4v) is 2.68. The minimum absolute atomic E-state index is 0.0629. The van der Waals surface area contributed by atoms with Gasteiger partial charge in [-0.15, -0.1) is 0 Å². The highest BCUT2D eigenvalue weighted by atomic mass is 32.1. The molecule has 0 fully saturated rings. The average molecular weight is 443 g/mol. The van der Waals surface area contributed by atoms with Gasteiger partial charge in [0.1, 0.15) is 5.75 Å². The first-order valence-electron chi connectivity index (χ1n) is 9.98. The Labute approximate surface area is 186 Å². The molecular formula is C22H26N4O4S. The zero-order valence-electron chi connectivity index (χ0n) is 17.5. The lowest BCUT2D eigenvalue weighted by molar-refractivity contribution is -0.116. The Morgan fingerprint density at radius 2 is 1.61 bits per heavy atom. The maximum atomic E-state index is 12.5. The van der Waals surface area contributed by atoms with Gasteiger partial charge in [0.25, 0.3) is 11.8 Å². The molecule has 0 aliphatic carbocycles. The molecule has 0 unspecified atom stereocenters. The molecule has 9 heteroatoms. The van der Waals surface area contributed by atoms with Gasteiger partial charge in [-0.25, -0.2) is 0 Å². The first-order chi connectivity index (χ1) is 14.9. The van der Waals surface area contributed by atoms with E-state index < -0.39 is 11.8 Å². The molecule has 0 aliphatic rings. The van der Waals surface area contributed by atoms with Crippen molar-refractivity contribution in [2.45, 2.75) is 33.1 Å². The minimum Gasteiger partial charge on any atom is -0.493 e. The van der Waals surface area contributed by atoms with Gasteiger partial charge in [-0.05, 0) is 61.5 Å². The Hall–Kier alpha value is -3.46. The van der Waals surface area contributed by atoms with E-state index in [0.29, 0.717) is 35.6 Å². The lowest BCUT2D eigenvalue weighted by atomic mass is 10.2. The summed E-state index contributed by atoms with van der Waals surface area (Å²) in [5.74, 6) is -0.524. The van der Waals surface area contributed by atoms with E-state index in [4.69, 9.17) is 17.0 Å². The molecule has 0 atom stereocenters. The minimum atomic E-state index is -0.453. The van der Waals surface area contributed by atoms with Crippen LogP contribution in [-0.2, 0) is 4.79 Å². The van der Waals surface area contributed by atoms with E-state index in [1.165, 1.54) is 0 Å². The second kappa shape index (κ2) is 12.3. The zero-order valence-corrected chi connectivity index (χ0v) is 18.3. The molecule has 0 saturated heterocycles. The largest absolute Gasteiger partial charge is 0.493 e. The van der Waals surface area contributed by atoms with E-state index in [1.54, 1.807) is 48.5 Å². The van der Waals surface area contributed by atoms with Crippen molar-refractivity contribution >= 4 is 40.7 Å². The Balaban J connectivity index is 1.86. The molecule has 2 rings (SSSR count). The maximum Gasteiger partial charge on any atom is 0.269 e. The van der Waals surface area contributed by atoms with Gasteiger partial charge in [0.05, 0.1) is 12.2 Å². The van der Waals surface area contributed by atoms with Crippen molar-refractivity contribution in [2.75, 3.05) is 11.9 Å². The summed E-state index contributed by atoms with van der Waals surface area (Å²) < 4.78 is 5.57. The molecule has 0 heterocycles. The summed E-state index contributed by atoms with van der Waals surface area (Å²) in [4.78, 5) is 36.3. The van der Waals surface area contributed by atoms with Crippen molar-refractivity contribution in [2.24, 2.45) is 0 Å². The second-order valence-electron chi connectivity index (χ2n) is 6.58. The highest BCUT2D eigenvalue weighted by Crippen LogP contribution is 2.18. The number of hydrazine groups is 1. The third-order valence-corrected chi connectivity index (χ3v) is 4.22. The number of carbonyl (C=O) groups is 3. The summed E-state index contributed by atoms with van der Waals surface area (Å²) in [6, 6.07) is 13.2. The number of benzene rings is 2. The Kier molecular flexibility index (Phi) is 9.44. The third kappa shape index (κ3) is 7.71. The number of ether oxygens (including phenoxy) is 1. The van der Waals surface area contributed by atoms with Crippen molar-refractivity contribution in [3.05, 3.63) is 59.7 Å². The van der Waals surface area contributed by atoms with Gasteiger partial charge in [0.2, 0.25) is 5.91 Å². The van der Waals surface area contributed by atoms with Gasteiger partial charge < -0.3 is 10.1 Å². The number of rotatable bonds is 8. The van der Waals surface area contributed by atoms with Crippen LogP contribution in [0.25, 0.3) is 0 Å². The van der Waals surface area contributed by atoms with Crippen LogP contribution in [0.1, 0.15) is 53.8 Å². The maximum absolute atomic E-state index is 12.5. The summed E-state index contributed by atoms with van der Waals surface area (Å²) in [5.41, 5.74) is 6.22. The van der Waals surface area contributed by atoms with Crippen molar-refractivity contribution in [3.63, 3.8) is 0 Å². The molecule has 4 N–H and O–H groups in total. The van der Waals surface area contributed by atoms with Gasteiger partial charge in [-0.1, -0.05) is 26.0 Å². The molecule has 0 saturated carbocycles. The molecule has 0 aliphatic heterocycles. The van der Waals surface area contributed by atoms with E-state index in [2.05, 4.69) is 21.5 Å². The van der Waals surface area contributed by atoms with Crippen LogP contribution < -0.4 is 26.2 Å². The Bertz CT molecular complexity index is 931. The normalized spacial score (nSPS) is 10.0. The van der Waals surface area contributed by atoms with Crippen LogP contribution in [0.3, 0.4) is 0 Å². The smallest absolute Gasteiger partial charge is 0.269 e. The van der Waals surface area contributed by atoms with Gasteiger partial charge >= 0.3 is 0 Å². The van der Waals surface area contributed by atoms with Crippen LogP contribution >= 0.6 is 12.2 Å². The van der Waals surface area contributed by atoms with Crippen LogP contribution in [0.5, 0.6) is 5.75 Å². The summed E-state index contributed by atoms with van der Waals surface area (Å²) >= 11 is 5.08. The number of para-hydroxylation sites is 1. The van der Waals surface area contributed by atoms with Crippen LogP contribution in [0.2, 0.25) is 0 Å². The SMILES string of the molecule is CCCOc1ccccc1C(=O)NC(=S)NNC(=O)c1ccc(NC(=O)CCC)cc1. The highest BCUT2D eigenvalue weighted by molar-refractivity contribution is 7.80. The molecule has 31 heavy (non-hydrogen) atoms. The molecule has 2 aromatic rings. The van der Waals surface area contributed by atoms with Crippen LogP contribution in [-0.4, -0.2) is 29.4 Å². The first-order valence-corrected chi connectivity index (χ1v) is 10.4. The topological polar surface area (TPSA) is 109 Å². The molecule has 0 bridgehead atoms. The number of thiocarbonyl (C=S) groups is 1. The zero-order chi connectivity index (χ0) is 22.6. The molecule has 3 amide bonds. The van der Waals surface area contributed by atoms with Crippen molar-refractivity contribution in [1.29, 1.82) is 0 Å². The van der Waals surface area contributed by atoms with Crippen molar-refractivity contribution < 1.29 is 19.1 Å². The number of hydrogen-bond acceptors (Lipinski definition) is 5. The van der Waals surface area contributed by atoms with Gasteiger partial charge in [-0.3, -0.25) is 30.6 Å². The van der Waals surface area contributed by atoms with Crippen molar-refractivity contribution in [1.82, 2.24) is 16.2 Å². The fourth-order valence-electron chi connectivity index (χ4n) is 2.53. The predicted molar refractivity (Wildman–Crippen MR) is 123 cm³/mol. The average Bonchev–Trinajstić information content (AvgIpc) is 2.76. The number of amides is 3. The van der Waals surface area contributed by atoms with E-state index in [0.717, 1.165) is 12.8 Å². The molecule has 0 radical (unpaired) electrons. The van der Waals surface area contributed by atoms with Crippen molar-refractivity contribution in [3.8, 4) is 5.75 Å². The Morgan fingerprint density at radius 3 is 2.29 bits per heavy atom. The second-order valence-corrected chi connectivity index (χ2v) is 6.99. The lowest BCUT2D eigenvalue weighted by Crippen LogP contribution is -2.48. The van der Waals surface area contributed by atoms with E-state index in [9.17, 15) is 14.4 Å². The fraction of sp³-hybridized carbons (Fsp3) is 0.273. The summed E-state index contributed by atoms with van der Waals surface area (Å²) in [6.07, 6.45) is 2.00. The third-order valence-electron chi connectivity index (χ3n) is 4.02. The highest BCUT2D eigenvalue weighted by Gasteiger charge is 2.14. The first kappa shape index (κ1) is 23.8. The van der Waals surface area contributed by atoms with E-state index >= 15 is 0 Å². The monoisotopic (exact) mass is 442 g/mol. The van der Waals surface area contributed by atoms with Gasteiger partial charge in [-0.2, -0.15) is 0 Å². The Morgan fingerprint density at radius 1 is 0.903 bits per heavy atom. The number of anilines is 1. The summed E-state index contributed by atoms with van der Waals surface area (Å²) in [6.45, 7) is 4.39. The summed E-state index contributed by atoms with van der Waals surface area (Å²) in [7, 11) is 0. The van der Waals surface area contributed by atoms with E-state index in [1.807, 2.05) is 13.8 Å². The molecule has 164 valence electrons. The predicted octanol–water partition coefficient (Wildman–Crippen LogP) is 3.16. The molecule has 0 spiro atoms. The molecule has 0 aromatic heterocycles. The van der Waals surface area contributed by atoms with Crippen LogP contribution in [0.4, 0.5) is 5.69 Å².